The third kappa shape index (κ3) is 5.14. The number of nitrogens with one attached hydrogen (secondary N) is 1. The van der Waals surface area contributed by atoms with E-state index in [1.807, 2.05) is 0 Å². The summed E-state index contributed by atoms with van der Waals surface area (Å²) in [6, 6.07) is 1.64. The molecule has 2 unspecified atom stereocenters. The minimum Gasteiger partial charge on any atom is -0.444 e. The topological polar surface area (TPSA) is 91.7 Å². The monoisotopic (exact) mass is 282 g/mol. The number of hydrogen-bond acceptors (Lipinski definition) is 5. The SMILES string of the molecule is Cc1cnccc1C(O)C(O)CNC(=O)OC(C)(C)C. The van der Waals surface area contributed by atoms with Gasteiger partial charge in [-0.15, -0.1) is 0 Å². The first kappa shape index (κ1) is 16.4. The summed E-state index contributed by atoms with van der Waals surface area (Å²) in [5, 5.41) is 22.4. The van der Waals surface area contributed by atoms with E-state index < -0.39 is 23.9 Å². The van der Waals surface area contributed by atoms with E-state index in [4.69, 9.17) is 4.74 Å². The maximum atomic E-state index is 11.5. The molecule has 0 saturated carbocycles. The number of rotatable bonds is 4. The van der Waals surface area contributed by atoms with Gasteiger partial charge in [0, 0.05) is 18.9 Å². The molecule has 0 saturated heterocycles. The van der Waals surface area contributed by atoms with Crippen LogP contribution in [0.3, 0.4) is 0 Å². The van der Waals surface area contributed by atoms with Crippen molar-refractivity contribution in [3.05, 3.63) is 29.6 Å². The lowest BCUT2D eigenvalue weighted by Crippen LogP contribution is -2.39. The van der Waals surface area contributed by atoms with Gasteiger partial charge in [-0.25, -0.2) is 4.79 Å². The molecular formula is C14H22N2O4. The molecule has 0 aromatic carbocycles. The molecule has 0 aliphatic rings. The van der Waals surface area contributed by atoms with Crippen LogP contribution in [0.25, 0.3) is 0 Å². The quantitative estimate of drug-likeness (QED) is 0.774. The Labute approximate surface area is 118 Å². The predicted octanol–water partition coefficient (Wildman–Crippen LogP) is 1.31. The molecule has 0 spiro atoms. The van der Waals surface area contributed by atoms with Crippen LogP contribution in [0.4, 0.5) is 4.79 Å². The molecule has 112 valence electrons. The largest absolute Gasteiger partial charge is 0.444 e. The van der Waals surface area contributed by atoms with Crippen molar-refractivity contribution in [2.75, 3.05) is 6.54 Å². The Kier molecular flexibility index (Phi) is 5.47. The fourth-order valence-corrected chi connectivity index (χ4v) is 1.64. The number of aliphatic hydroxyl groups is 2. The number of ether oxygens (including phenoxy) is 1. The van der Waals surface area contributed by atoms with E-state index in [0.29, 0.717) is 5.56 Å². The number of pyridine rings is 1. The second kappa shape index (κ2) is 6.67. The van der Waals surface area contributed by atoms with Gasteiger partial charge in [-0.05, 0) is 44.9 Å². The zero-order valence-electron chi connectivity index (χ0n) is 12.3. The maximum absolute atomic E-state index is 11.5. The average Bonchev–Trinajstić information content (AvgIpc) is 2.33. The Bertz CT molecular complexity index is 457. The van der Waals surface area contributed by atoms with Crippen molar-refractivity contribution >= 4 is 6.09 Å². The highest BCUT2D eigenvalue weighted by Crippen LogP contribution is 2.19. The molecule has 1 rings (SSSR count). The van der Waals surface area contributed by atoms with Crippen molar-refractivity contribution in [3.8, 4) is 0 Å². The van der Waals surface area contributed by atoms with Gasteiger partial charge in [-0.3, -0.25) is 4.98 Å². The van der Waals surface area contributed by atoms with Gasteiger partial charge in [0.1, 0.15) is 17.8 Å². The van der Waals surface area contributed by atoms with E-state index in [1.54, 1.807) is 46.2 Å². The van der Waals surface area contributed by atoms with Crippen LogP contribution in [0.5, 0.6) is 0 Å². The van der Waals surface area contributed by atoms with Crippen LogP contribution < -0.4 is 5.32 Å². The Balaban J connectivity index is 2.53. The lowest BCUT2D eigenvalue weighted by atomic mass is 10.0. The number of aliphatic hydroxyl groups excluding tert-OH is 2. The first-order valence-corrected chi connectivity index (χ1v) is 6.44. The summed E-state index contributed by atoms with van der Waals surface area (Å²) in [7, 11) is 0. The lowest BCUT2D eigenvalue weighted by Gasteiger charge is -2.22. The Morgan fingerprint density at radius 1 is 1.45 bits per heavy atom. The van der Waals surface area contributed by atoms with Crippen LogP contribution in [0, 0.1) is 6.92 Å². The molecule has 1 amide bonds. The van der Waals surface area contributed by atoms with E-state index in [0.717, 1.165) is 5.56 Å². The number of aryl methyl sites for hydroxylation is 1. The van der Waals surface area contributed by atoms with Gasteiger partial charge in [0.2, 0.25) is 0 Å². The molecule has 0 aliphatic heterocycles. The Morgan fingerprint density at radius 2 is 2.10 bits per heavy atom. The molecule has 0 fully saturated rings. The Morgan fingerprint density at radius 3 is 2.65 bits per heavy atom. The number of amides is 1. The number of carbonyl (C=O) groups excluding carboxylic acids is 1. The van der Waals surface area contributed by atoms with Crippen molar-refractivity contribution < 1.29 is 19.7 Å². The van der Waals surface area contributed by atoms with Gasteiger partial charge in [0.05, 0.1) is 0 Å². The summed E-state index contributed by atoms with van der Waals surface area (Å²) >= 11 is 0. The predicted molar refractivity (Wildman–Crippen MR) is 74.2 cm³/mol. The molecule has 1 aromatic heterocycles. The number of alkyl carbamates (subject to hydrolysis) is 1. The summed E-state index contributed by atoms with van der Waals surface area (Å²) < 4.78 is 5.04. The smallest absolute Gasteiger partial charge is 0.407 e. The number of aromatic nitrogens is 1. The molecule has 6 heteroatoms. The normalized spacial score (nSPS) is 14.5. The summed E-state index contributed by atoms with van der Waals surface area (Å²) in [5.74, 6) is 0. The van der Waals surface area contributed by atoms with Crippen molar-refractivity contribution in [2.45, 2.75) is 45.5 Å². The highest BCUT2D eigenvalue weighted by atomic mass is 16.6. The minimum absolute atomic E-state index is 0.0994. The van der Waals surface area contributed by atoms with Crippen LogP contribution in [-0.2, 0) is 4.74 Å². The lowest BCUT2D eigenvalue weighted by molar-refractivity contribution is 0.0126. The van der Waals surface area contributed by atoms with E-state index in [1.165, 1.54) is 0 Å². The molecule has 1 heterocycles. The first-order chi connectivity index (χ1) is 9.20. The van der Waals surface area contributed by atoms with Crippen molar-refractivity contribution in [1.29, 1.82) is 0 Å². The molecule has 0 radical (unpaired) electrons. The van der Waals surface area contributed by atoms with E-state index >= 15 is 0 Å². The number of hydrogen-bond donors (Lipinski definition) is 3. The van der Waals surface area contributed by atoms with Gasteiger partial charge in [-0.1, -0.05) is 0 Å². The van der Waals surface area contributed by atoms with Crippen LogP contribution in [0.15, 0.2) is 18.5 Å². The van der Waals surface area contributed by atoms with Crippen LogP contribution >= 0.6 is 0 Å². The Hall–Kier alpha value is -1.66. The van der Waals surface area contributed by atoms with Gasteiger partial charge < -0.3 is 20.3 Å². The van der Waals surface area contributed by atoms with E-state index in [-0.39, 0.29) is 6.54 Å². The highest BCUT2D eigenvalue weighted by molar-refractivity contribution is 5.67. The second-order valence-electron chi connectivity index (χ2n) is 5.63. The second-order valence-corrected chi connectivity index (χ2v) is 5.63. The molecule has 0 bridgehead atoms. The van der Waals surface area contributed by atoms with E-state index in [2.05, 4.69) is 10.3 Å². The molecule has 0 aliphatic carbocycles. The summed E-state index contributed by atoms with van der Waals surface area (Å²) in [6.07, 6.45) is 0.304. The highest BCUT2D eigenvalue weighted by Gasteiger charge is 2.22. The zero-order valence-corrected chi connectivity index (χ0v) is 12.3. The van der Waals surface area contributed by atoms with Crippen molar-refractivity contribution in [3.63, 3.8) is 0 Å². The summed E-state index contributed by atoms with van der Waals surface area (Å²) in [5.41, 5.74) is 0.754. The minimum atomic E-state index is -1.12. The third-order valence-corrected chi connectivity index (χ3v) is 2.60. The molecule has 1 aromatic rings. The van der Waals surface area contributed by atoms with Crippen LogP contribution in [-0.4, -0.2) is 39.5 Å². The molecular weight excluding hydrogens is 260 g/mol. The van der Waals surface area contributed by atoms with Gasteiger partial charge in [0.15, 0.2) is 0 Å². The summed E-state index contributed by atoms with van der Waals surface area (Å²) in [4.78, 5) is 15.4. The third-order valence-electron chi connectivity index (χ3n) is 2.60. The van der Waals surface area contributed by atoms with Crippen LogP contribution in [0.2, 0.25) is 0 Å². The van der Waals surface area contributed by atoms with E-state index in [9.17, 15) is 15.0 Å². The average molecular weight is 282 g/mol. The molecule has 6 nitrogen and oxygen atoms in total. The van der Waals surface area contributed by atoms with Gasteiger partial charge >= 0.3 is 6.09 Å². The maximum Gasteiger partial charge on any atom is 0.407 e. The zero-order chi connectivity index (χ0) is 15.3. The summed E-state index contributed by atoms with van der Waals surface area (Å²) in [6.45, 7) is 6.94. The fourth-order valence-electron chi connectivity index (χ4n) is 1.64. The van der Waals surface area contributed by atoms with Gasteiger partial charge in [-0.2, -0.15) is 0 Å². The molecule has 20 heavy (non-hydrogen) atoms. The van der Waals surface area contributed by atoms with Gasteiger partial charge in [0.25, 0.3) is 0 Å². The number of nitrogens with zero attached hydrogens (tertiary/aromatic N) is 1. The van der Waals surface area contributed by atoms with Crippen molar-refractivity contribution in [2.24, 2.45) is 0 Å². The molecule has 3 N–H and O–H groups in total. The number of carbonyl (C=O) groups is 1. The van der Waals surface area contributed by atoms with Crippen LogP contribution in [0.1, 0.15) is 38.0 Å². The molecule has 2 atom stereocenters. The first-order valence-electron chi connectivity index (χ1n) is 6.44. The fraction of sp³-hybridized carbons (Fsp3) is 0.571. The standard InChI is InChI=1S/C14H22N2O4/c1-9-7-15-6-5-10(9)12(18)11(17)8-16-13(19)20-14(2,3)4/h5-7,11-12,17-18H,8H2,1-4H3,(H,16,19). The van der Waals surface area contributed by atoms with Crippen molar-refractivity contribution in [1.82, 2.24) is 10.3 Å².